The molecule has 0 saturated heterocycles. The zero-order chi connectivity index (χ0) is 115. The maximum Gasteiger partial charge on any atom is 0.509 e. The van der Waals surface area contributed by atoms with Gasteiger partial charge in [-0.25, -0.2) is 33.6 Å². The molecule has 0 heterocycles. The molecule has 7 rings (SSSR count). The second-order valence-corrected chi connectivity index (χ2v) is 58.9. The highest BCUT2D eigenvalue weighted by Crippen LogP contribution is 2.37. The molecule has 0 saturated carbocycles. The fraction of sp³-hybridized carbons (Fsp3) is 0.803. The van der Waals surface area contributed by atoms with Gasteiger partial charge in [-0.05, 0) is 433 Å². The standard InChI is InChI=1S/C18H31NO3.C18H30O4.C18H30O3S.C17H32N2O2.C17H31NO3.C17H31NO2S.C17H30O4/c1-17(2,3)15(20)13-9-7-8-10-14(12-11-13)22-16(21)19-18(4,5)6;2*1-17(2,3)15(19)13-9-7-8-10-14(12-11-13)21-16(20)22-18(4,5)6;1-16(2,3)18-13-9-7-8-10-14(12-11-13)21-15(20)19-17(4,5)6;2*1-16(2,3)18-13-9-7-8-10-14(12-11-13)20-15(19)21-17(4,5)6;1-16(2,3)20-14-10-8-7-9-13(11-12-14)19-15(18)21-17(4,5)6/h8,10,13-14H,7,9,11-12H2,1-6H3,(H,19,21);2*8,10,13-14H,7,9,11-12H2,1-6H3;8,10,13-14,18H,7,9,11-12H2,1-6H3,(H,19,20);2*8,10,13-14,18H,7,9,11-12H2,1-6H3;7,9,13-14H,8,10-12H2,1-6H3/b6*10-8+;9-7+. The minimum atomic E-state index is -0.651. The van der Waals surface area contributed by atoms with E-state index in [4.69, 9.17) is 52.1 Å². The lowest BCUT2D eigenvalue weighted by molar-refractivity contribution is -0.131. The van der Waals surface area contributed by atoms with Crippen LogP contribution in [0.3, 0.4) is 0 Å². The van der Waals surface area contributed by atoms with Gasteiger partial charge in [-0.15, -0.1) is 0 Å². The molecule has 0 aromatic carbocycles. The Balaban J connectivity index is 0.000000875. The van der Waals surface area contributed by atoms with Crippen LogP contribution in [0.4, 0.5) is 33.6 Å². The molecule has 0 bridgehead atoms. The van der Waals surface area contributed by atoms with Crippen molar-refractivity contribution in [2.75, 3.05) is 0 Å². The van der Waals surface area contributed by atoms with Crippen molar-refractivity contribution in [1.82, 2.24) is 26.6 Å². The molecule has 14 atom stereocenters. The van der Waals surface area contributed by atoms with Crippen LogP contribution in [0.1, 0.15) is 471 Å². The number of ketones is 3. The van der Waals surface area contributed by atoms with Crippen LogP contribution in [0.2, 0.25) is 0 Å². The van der Waals surface area contributed by atoms with Crippen molar-refractivity contribution in [3.05, 3.63) is 85.1 Å². The number of alkyl carbamates (subject to hydrolysis) is 2. The first-order chi connectivity index (χ1) is 68.2. The number of carbonyl (C=O) groups is 10. The molecule has 0 aromatic rings. The number of carbonyl (C=O) groups excluding carboxylic acids is 10. The zero-order valence-corrected chi connectivity index (χ0v) is 103. The number of nitrogens with one attached hydrogen (secondary N) is 5. The zero-order valence-electron chi connectivity index (χ0n) is 102. The minimum absolute atomic E-state index is 0.0367. The third-order valence-electron chi connectivity index (χ3n) is 23.2. The summed E-state index contributed by atoms with van der Waals surface area (Å²) in [7, 11) is 0. The molecule has 5 N–H and O–H groups in total. The molecular weight excluding hydrogens is 1940 g/mol. The number of ether oxygens (including phenoxy) is 11. The van der Waals surface area contributed by atoms with E-state index < -0.39 is 41.4 Å². The van der Waals surface area contributed by atoms with E-state index in [9.17, 15) is 47.9 Å². The Morgan fingerprint density at radius 3 is 0.653 bits per heavy atom. The van der Waals surface area contributed by atoms with Crippen molar-refractivity contribution in [2.24, 2.45) is 34.0 Å². The smallest absolute Gasteiger partial charge is 0.450 e. The molecular formula is C122H215N5O21S2. The SMILES string of the molecule is CC(C)(C)NC(=O)OC1/C=C/CCC(C(=O)C(C)(C)C)CC1.CC(C)(C)NC(=O)OC1/C=C/CCC(NC(C)(C)C)CC1.CC(C)(C)NC1CC/C=C/C(OC(=O)OC(C)(C)C)CC1.CC(C)(C)NC1CC/C=C/C(OC(=O)SC(C)(C)C)CC1.CC(C)(C)OC(=O)OC1/C=C/CCC(C(=O)C(C)(C)C)CC1.CC(C)(C)OC(=O)OC1/C=C/CCC(OC(C)(C)C)CC1.CC(C)(C)SC(=O)OC1/C=C/CCC(C(=O)C(C)(C)C)CC1. The molecule has 2 amide bonds. The van der Waals surface area contributed by atoms with Crippen LogP contribution in [-0.2, 0) is 66.5 Å². The number of hydrogen-bond donors (Lipinski definition) is 5. The maximum atomic E-state index is 12.5. The van der Waals surface area contributed by atoms with Crippen molar-refractivity contribution in [2.45, 2.75) is 597 Å². The van der Waals surface area contributed by atoms with Crippen molar-refractivity contribution >= 4 is 82.1 Å². The van der Waals surface area contributed by atoms with Gasteiger partial charge in [0.15, 0.2) is 0 Å². The van der Waals surface area contributed by atoms with Gasteiger partial charge in [0, 0.05) is 89.3 Å². The number of amides is 2. The summed E-state index contributed by atoms with van der Waals surface area (Å²) in [6.07, 6.45) is 49.8. The minimum Gasteiger partial charge on any atom is -0.450 e. The molecule has 7 aliphatic rings. The highest BCUT2D eigenvalue weighted by atomic mass is 32.2. The lowest BCUT2D eigenvalue weighted by Crippen LogP contribution is -2.45. The van der Waals surface area contributed by atoms with Crippen LogP contribution < -0.4 is 26.6 Å². The summed E-state index contributed by atoms with van der Waals surface area (Å²) in [5, 5.41) is 16.2. The quantitative estimate of drug-likeness (QED) is 0.0613. The Hall–Kier alpha value is -6.98. The van der Waals surface area contributed by atoms with E-state index >= 15 is 0 Å². The van der Waals surface area contributed by atoms with Crippen LogP contribution >= 0.6 is 23.5 Å². The molecule has 0 aliphatic heterocycles. The van der Waals surface area contributed by atoms with Crippen LogP contribution in [0.25, 0.3) is 0 Å². The molecule has 0 spiro atoms. The lowest BCUT2D eigenvalue weighted by atomic mass is 9.78. The number of Topliss-reactive ketones (excluding diaryl/α,β-unsaturated/α-hetero) is 3. The average Bonchev–Trinajstić information content (AvgIpc) is 0.868. The van der Waals surface area contributed by atoms with Gasteiger partial charge in [-0.3, -0.25) is 14.4 Å². The first kappa shape index (κ1) is 141. The van der Waals surface area contributed by atoms with Gasteiger partial charge in [0.1, 0.15) is 76.9 Å². The summed E-state index contributed by atoms with van der Waals surface area (Å²) < 4.78 is 59.6. The summed E-state index contributed by atoms with van der Waals surface area (Å²) in [5.41, 5.74) is -2.91. The second kappa shape index (κ2) is 64.6. The van der Waals surface area contributed by atoms with E-state index in [2.05, 4.69) is 140 Å². The largest absolute Gasteiger partial charge is 0.509 e. The Morgan fingerprint density at radius 1 is 0.227 bits per heavy atom. The summed E-state index contributed by atoms with van der Waals surface area (Å²) >= 11 is 2.47. The molecule has 866 valence electrons. The molecule has 26 nitrogen and oxygen atoms in total. The molecule has 0 radical (unpaired) electrons. The highest BCUT2D eigenvalue weighted by molar-refractivity contribution is 8.14. The predicted octanol–water partition coefficient (Wildman–Crippen LogP) is 31.8. The molecule has 150 heavy (non-hydrogen) atoms. The van der Waals surface area contributed by atoms with E-state index in [1.165, 1.54) is 23.5 Å². The van der Waals surface area contributed by atoms with Crippen LogP contribution in [0, 0.1) is 34.0 Å². The van der Waals surface area contributed by atoms with E-state index in [1.54, 1.807) is 20.8 Å². The van der Waals surface area contributed by atoms with Gasteiger partial charge in [-0.1, -0.05) is 146 Å². The first-order valence-electron chi connectivity index (χ1n) is 55.9. The van der Waals surface area contributed by atoms with Crippen LogP contribution in [0.5, 0.6) is 0 Å². The van der Waals surface area contributed by atoms with Gasteiger partial charge in [-0.2, -0.15) is 0 Å². The van der Waals surface area contributed by atoms with Crippen molar-refractivity contribution < 1.29 is 100 Å². The monoisotopic (exact) mass is 2150 g/mol. The summed E-state index contributed by atoms with van der Waals surface area (Å²) in [4.78, 5) is 120. The third-order valence-corrected chi connectivity index (χ3v) is 24.9. The molecule has 14 unspecified atom stereocenters. The fourth-order valence-electron chi connectivity index (χ4n) is 17.2. The van der Waals surface area contributed by atoms with Gasteiger partial charge in [0.2, 0.25) is 0 Å². The van der Waals surface area contributed by atoms with Gasteiger partial charge in [0.25, 0.3) is 0 Å². The van der Waals surface area contributed by atoms with Crippen molar-refractivity contribution in [1.29, 1.82) is 0 Å². The lowest BCUT2D eigenvalue weighted by Gasteiger charge is -2.30. The molecule has 7 aliphatic carbocycles. The Labute approximate surface area is 919 Å². The molecule has 0 aromatic heterocycles. The number of rotatable bonds is 14. The van der Waals surface area contributed by atoms with Crippen LogP contribution in [-0.4, -0.2) is 185 Å². The van der Waals surface area contributed by atoms with E-state index in [1.807, 2.05) is 242 Å². The second-order valence-electron chi connectivity index (χ2n) is 55.4. The van der Waals surface area contributed by atoms with Crippen LogP contribution in [0.15, 0.2) is 85.1 Å². The average molecular weight is 2150 g/mol. The van der Waals surface area contributed by atoms with E-state index in [0.717, 1.165) is 167 Å². The topological polar surface area (TPSA) is 332 Å². The van der Waals surface area contributed by atoms with E-state index in [-0.39, 0.29) is 142 Å². The predicted molar refractivity (Wildman–Crippen MR) is 617 cm³/mol. The normalized spacial score (nSPS) is 25.3. The Bertz CT molecular complexity index is 3750. The fourth-order valence-corrected chi connectivity index (χ4v) is 18.5. The highest BCUT2D eigenvalue weighted by Gasteiger charge is 2.38. The number of hydrogen-bond acceptors (Lipinski definition) is 26. The van der Waals surface area contributed by atoms with Crippen molar-refractivity contribution in [3.8, 4) is 0 Å². The molecule has 28 heteroatoms. The van der Waals surface area contributed by atoms with Gasteiger partial charge < -0.3 is 78.7 Å². The van der Waals surface area contributed by atoms with Gasteiger partial charge in [0.05, 0.1) is 11.7 Å². The number of thioether (sulfide) groups is 2. The summed E-state index contributed by atoms with van der Waals surface area (Å²) in [5.74, 6) is 1.08. The number of allylic oxidation sites excluding steroid dienone is 7. The Morgan fingerprint density at radius 2 is 0.440 bits per heavy atom. The van der Waals surface area contributed by atoms with Gasteiger partial charge >= 0.3 is 41.3 Å². The summed E-state index contributed by atoms with van der Waals surface area (Å²) in [6.45, 7) is 83.6. The maximum absolute atomic E-state index is 12.5. The first-order valence-corrected chi connectivity index (χ1v) is 57.6. The molecule has 0 fully saturated rings. The van der Waals surface area contributed by atoms with E-state index in [0.29, 0.717) is 48.3 Å². The Kier molecular flexibility index (Phi) is 60.8. The third kappa shape index (κ3) is 76.6. The summed E-state index contributed by atoms with van der Waals surface area (Å²) in [6, 6.07) is 1.43. The van der Waals surface area contributed by atoms with Crippen molar-refractivity contribution in [3.63, 3.8) is 0 Å².